The van der Waals surface area contributed by atoms with E-state index < -0.39 is 0 Å². The zero-order chi connectivity index (χ0) is 16.7. The van der Waals surface area contributed by atoms with Crippen LogP contribution in [0.25, 0.3) is 0 Å². The molecule has 2 amide bonds. The van der Waals surface area contributed by atoms with Crippen LogP contribution in [0.3, 0.4) is 0 Å². The molecule has 1 fully saturated rings. The van der Waals surface area contributed by atoms with Gasteiger partial charge in [-0.1, -0.05) is 6.07 Å². The molecule has 0 radical (unpaired) electrons. The van der Waals surface area contributed by atoms with Crippen LogP contribution in [-0.2, 0) is 4.74 Å². The fraction of sp³-hybridized carbons (Fsp3) is 0.688. The van der Waals surface area contributed by atoms with Crippen molar-refractivity contribution in [2.45, 2.75) is 18.5 Å². The minimum absolute atomic E-state index is 0.0769. The normalized spacial score (nSPS) is 19.9. The van der Waals surface area contributed by atoms with Crippen molar-refractivity contribution in [3.8, 4) is 0 Å². The van der Waals surface area contributed by atoms with Gasteiger partial charge in [0.2, 0.25) is 0 Å². The lowest BCUT2D eigenvalue weighted by Crippen LogP contribution is -2.45. The molecule has 0 saturated carbocycles. The van der Waals surface area contributed by atoms with Crippen LogP contribution in [0.5, 0.6) is 0 Å². The Morgan fingerprint density at radius 1 is 1.57 bits per heavy atom. The van der Waals surface area contributed by atoms with Crippen LogP contribution in [0.2, 0.25) is 0 Å². The lowest BCUT2D eigenvalue weighted by molar-refractivity contribution is 0.159. The number of thiophene rings is 1. The van der Waals surface area contributed by atoms with E-state index in [9.17, 15) is 4.79 Å². The molecule has 6 nitrogen and oxygen atoms in total. The van der Waals surface area contributed by atoms with Gasteiger partial charge in [0, 0.05) is 44.2 Å². The maximum atomic E-state index is 12.1. The molecule has 2 heterocycles. The molecule has 0 aliphatic carbocycles. The number of carbonyl (C=O) groups excluding carboxylic acids is 1. The second-order valence-electron chi connectivity index (χ2n) is 6.13. The predicted octanol–water partition coefficient (Wildman–Crippen LogP) is 1.37. The Balaban J connectivity index is 1.72. The number of carbonyl (C=O) groups is 1. The predicted molar refractivity (Wildman–Crippen MR) is 94.0 cm³/mol. The molecule has 2 N–H and O–H groups in total. The number of nitrogens with one attached hydrogen (secondary N) is 2. The molecular formula is C16H28N4O2S. The number of methoxy groups -OCH3 is 1. The summed E-state index contributed by atoms with van der Waals surface area (Å²) in [6.07, 6.45) is 0.999. The molecule has 2 atom stereocenters. The maximum absolute atomic E-state index is 12.1. The van der Waals surface area contributed by atoms with Crippen molar-refractivity contribution in [2.24, 2.45) is 0 Å². The van der Waals surface area contributed by atoms with Crippen LogP contribution < -0.4 is 10.6 Å². The number of likely N-dealkylation sites (tertiary alicyclic amines) is 1. The number of likely N-dealkylation sites (N-methyl/N-ethyl adjacent to an activating group) is 1. The third-order valence-corrected chi connectivity index (χ3v) is 5.14. The highest BCUT2D eigenvalue weighted by Crippen LogP contribution is 2.22. The van der Waals surface area contributed by atoms with Gasteiger partial charge in [0.15, 0.2) is 0 Å². The maximum Gasteiger partial charge on any atom is 0.315 e. The van der Waals surface area contributed by atoms with Crippen LogP contribution in [0.4, 0.5) is 4.79 Å². The molecule has 7 heteroatoms. The van der Waals surface area contributed by atoms with Gasteiger partial charge < -0.3 is 20.3 Å². The second-order valence-corrected chi connectivity index (χ2v) is 7.11. The Hall–Kier alpha value is -1.15. The van der Waals surface area contributed by atoms with E-state index in [0.29, 0.717) is 6.54 Å². The van der Waals surface area contributed by atoms with Crippen LogP contribution in [-0.4, -0.2) is 75.9 Å². The first-order chi connectivity index (χ1) is 11.1. The SMILES string of the molecule is COCCN1CCC(NC(=O)NCC(c2cccs2)N(C)C)C1. The Bertz CT molecular complexity index is 467. The van der Waals surface area contributed by atoms with Crippen molar-refractivity contribution < 1.29 is 9.53 Å². The number of rotatable bonds is 8. The first kappa shape index (κ1) is 18.2. The molecule has 0 aromatic carbocycles. The first-order valence-electron chi connectivity index (χ1n) is 8.05. The summed E-state index contributed by atoms with van der Waals surface area (Å²) in [6.45, 7) is 4.20. The van der Waals surface area contributed by atoms with E-state index >= 15 is 0 Å². The van der Waals surface area contributed by atoms with Gasteiger partial charge in [-0.3, -0.25) is 4.90 Å². The van der Waals surface area contributed by atoms with Crippen molar-refractivity contribution in [3.05, 3.63) is 22.4 Å². The Morgan fingerprint density at radius 3 is 3.04 bits per heavy atom. The average Bonchev–Trinajstić information content (AvgIpc) is 3.17. The highest BCUT2D eigenvalue weighted by Gasteiger charge is 2.24. The van der Waals surface area contributed by atoms with Gasteiger partial charge in [-0.15, -0.1) is 11.3 Å². The number of ether oxygens (including phenoxy) is 1. The summed E-state index contributed by atoms with van der Waals surface area (Å²) in [6, 6.07) is 4.52. The summed E-state index contributed by atoms with van der Waals surface area (Å²) in [7, 11) is 5.79. The van der Waals surface area contributed by atoms with E-state index in [1.165, 1.54) is 4.88 Å². The summed E-state index contributed by atoms with van der Waals surface area (Å²) in [5, 5.41) is 8.15. The Kier molecular flexibility index (Phi) is 7.29. The minimum Gasteiger partial charge on any atom is -0.383 e. The molecular weight excluding hydrogens is 312 g/mol. The Morgan fingerprint density at radius 2 is 2.39 bits per heavy atom. The minimum atomic E-state index is -0.0769. The largest absolute Gasteiger partial charge is 0.383 e. The molecule has 23 heavy (non-hydrogen) atoms. The first-order valence-corrected chi connectivity index (χ1v) is 8.93. The van der Waals surface area contributed by atoms with Crippen LogP contribution in [0.15, 0.2) is 17.5 Å². The standard InChI is InChI=1S/C16H28N4O2S/c1-19(2)14(15-5-4-10-23-15)11-17-16(21)18-13-6-7-20(12-13)8-9-22-3/h4-5,10,13-14H,6-9,11-12H2,1-3H3,(H2,17,18,21). The fourth-order valence-corrected chi connectivity index (χ4v) is 3.74. The lowest BCUT2D eigenvalue weighted by Gasteiger charge is -2.24. The van der Waals surface area contributed by atoms with E-state index in [1.807, 2.05) is 20.2 Å². The van der Waals surface area contributed by atoms with Gasteiger partial charge in [-0.25, -0.2) is 4.79 Å². The highest BCUT2D eigenvalue weighted by atomic mass is 32.1. The Labute approximate surface area is 142 Å². The van der Waals surface area contributed by atoms with Gasteiger partial charge in [-0.2, -0.15) is 0 Å². The van der Waals surface area contributed by atoms with Gasteiger partial charge in [-0.05, 0) is 32.0 Å². The highest BCUT2D eigenvalue weighted by molar-refractivity contribution is 7.10. The van der Waals surface area contributed by atoms with Crippen molar-refractivity contribution >= 4 is 17.4 Å². The molecule has 130 valence electrons. The summed E-state index contributed by atoms with van der Waals surface area (Å²) < 4.78 is 5.10. The average molecular weight is 340 g/mol. The molecule has 1 aliphatic rings. The van der Waals surface area contributed by atoms with E-state index in [0.717, 1.165) is 32.7 Å². The van der Waals surface area contributed by atoms with E-state index in [1.54, 1.807) is 18.4 Å². The molecule has 1 aliphatic heterocycles. The topological polar surface area (TPSA) is 56.8 Å². The van der Waals surface area contributed by atoms with Crippen LogP contribution >= 0.6 is 11.3 Å². The molecule has 1 saturated heterocycles. The lowest BCUT2D eigenvalue weighted by atomic mass is 10.2. The van der Waals surface area contributed by atoms with Gasteiger partial charge >= 0.3 is 6.03 Å². The molecule has 0 spiro atoms. The number of hydrogen-bond acceptors (Lipinski definition) is 5. The summed E-state index contributed by atoms with van der Waals surface area (Å²) in [5.74, 6) is 0. The quantitative estimate of drug-likeness (QED) is 0.750. The number of hydrogen-bond donors (Lipinski definition) is 2. The van der Waals surface area contributed by atoms with Gasteiger partial charge in [0.25, 0.3) is 0 Å². The fourth-order valence-electron chi connectivity index (χ4n) is 2.82. The zero-order valence-electron chi connectivity index (χ0n) is 14.2. The van der Waals surface area contributed by atoms with Crippen molar-refractivity contribution in [1.82, 2.24) is 20.4 Å². The van der Waals surface area contributed by atoms with Crippen molar-refractivity contribution in [2.75, 3.05) is 54.0 Å². The molecule has 1 aromatic heterocycles. The number of urea groups is 1. The molecule has 1 aromatic rings. The molecule has 2 unspecified atom stereocenters. The van der Waals surface area contributed by atoms with E-state index in [-0.39, 0.29) is 18.1 Å². The number of amides is 2. The summed E-state index contributed by atoms with van der Waals surface area (Å²) >= 11 is 1.72. The van der Waals surface area contributed by atoms with E-state index in [2.05, 4.69) is 31.9 Å². The third-order valence-electron chi connectivity index (χ3n) is 4.17. The second kappa shape index (κ2) is 9.22. The van der Waals surface area contributed by atoms with Crippen molar-refractivity contribution in [1.29, 1.82) is 0 Å². The van der Waals surface area contributed by atoms with Gasteiger partial charge in [0.05, 0.1) is 12.6 Å². The van der Waals surface area contributed by atoms with Crippen LogP contribution in [0, 0.1) is 0 Å². The summed E-state index contributed by atoms with van der Waals surface area (Å²) in [4.78, 5) is 17.9. The third kappa shape index (κ3) is 5.76. The smallest absolute Gasteiger partial charge is 0.315 e. The molecule has 2 rings (SSSR count). The van der Waals surface area contributed by atoms with Crippen LogP contribution in [0.1, 0.15) is 17.3 Å². The van der Waals surface area contributed by atoms with Gasteiger partial charge in [0.1, 0.15) is 0 Å². The summed E-state index contributed by atoms with van der Waals surface area (Å²) in [5.41, 5.74) is 0. The zero-order valence-corrected chi connectivity index (χ0v) is 15.1. The molecule has 0 bridgehead atoms. The number of nitrogens with zero attached hydrogens (tertiary/aromatic N) is 2. The van der Waals surface area contributed by atoms with Crippen molar-refractivity contribution in [3.63, 3.8) is 0 Å². The monoisotopic (exact) mass is 340 g/mol. The van der Waals surface area contributed by atoms with E-state index in [4.69, 9.17) is 4.74 Å².